The Morgan fingerprint density at radius 1 is 1.00 bits per heavy atom. The number of aromatic nitrogens is 2. The van der Waals surface area contributed by atoms with Crippen LogP contribution in [0.3, 0.4) is 0 Å². The topological polar surface area (TPSA) is 93.5 Å². The lowest BCUT2D eigenvalue weighted by Gasteiger charge is -2.04. The first-order valence-corrected chi connectivity index (χ1v) is 9.28. The van der Waals surface area contributed by atoms with Gasteiger partial charge in [-0.25, -0.2) is 20.2 Å². The predicted octanol–water partition coefficient (Wildman–Crippen LogP) is 2.94. The molecule has 3 aromatic rings. The molecule has 0 atom stereocenters. The number of nitrogens with one attached hydrogen (secondary N) is 1. The SMILES string of the molecule is O=C(CSc1ncccn1)NN=Cc1ccc(OC(=O)c2ccccc2)cc1. The van der Waals surface area contributed by atoms with Crippen LogP contribution in [0, 0.1) is 0 Å². The second-order valence-corrected chi connectivity index (χ2v) is 6.38. The zero-order valence-corrected chi connectivity index (χ0v) is 15.5. The molecule has 1 amide bonds. The maximum atomic E-state index is 12.0. The molecule has 1 heterocycles. The van der Waals surface area contributed by atoms with Gasteiger partial charge in [0.15, 0.2) is 5.16 Å². The molecule has 8 heteroatoms. The smallest absolute Gasteiger partial charge is 0.343 e. The molecule has 0 unspecified atom stereocenters. The summed E-state index contributed by atoms with van der Waals surface area (Å²) in [6, 6.07) is 17.2. The van der Waals surface area contributed by atoms with Crippen molar-refractivity contribution >= 4 is 29.9 Å². The van der Waals surface area contributed by atoms with Gasteiger partial charge in [0.25, 0.3) is 5.91 Å². The van der Waals surface area contributed by atoms with E-state index in [-0.39, 0.29) is 11.7 Å². The van der Waals surface area contributed by atoms with Crippen molar-refractivity contribution in [3.63, 3.8) is 0 Å². The van der Waals surface area contributed by atoms with Crippen LogP contribution in [-0.4, -0.2) is 33.8 Å². The fourth-order valence-corrected chi connectivity index (χ4v) is 2.66. The number of rotatable bonds is 7. The number of hydrogen-bond donors (Lipinski definition) is 1. The number of hydrazone groups is 1. The zero-order chi connectivity index (χ0) is 19.6. The third-order valence-corrected chi connectivity index (χ3v) is 4.25. The Morgan fingerprint density at radius 2 is 1.71 bits per heavy atom. The van der Waals surface area contributed by atoms with Crippen molar-refractivity contribution in [3.05, 3.63) is 84.2 Å². The number of thioether (sulfide) groups is 1. The fraction of sp³-hybridized carbons (Fsp3) is 0.0500. The summed E-state index contributed by atoms with van der Waals surface area (Å²) in [5.41, 5.74) is 3.67. The van der Waals surface area contributed by atoms with Gasteiger partial charge in [-0.15, -0.1) is 0 Å². The van der Waals surface area contributed by atoms with E-state index in [1.807, 2.05) is 6.07 Å². The first kappa shape index (κ1) is 19.2. The minimum atomic E-state index is -0.422. The number of nitrogens with zero attached hydrogens (tertiary/aromatic N) is 3. The molecule has 0 aliphatic rings. The number of amides is 1. The lowest BCUT2D eigenvalue weighted by Crippen LogP contribution is -2.19. The van der Waals surface area contributed by atoms with Crippen molar-refractivity contribution in [2.24, 2.45) is 5.10 Å². The second-order valence-electron chi connectivity index (χ2n) is 5.44. The molecular formula is C20H16N4O3S. The van der Waals surface area contributed by atoms with Crippen LogP contribution in [0.25, 0.3) is 0 Å². The Labute approximate surface area is 165 Å². The number of carbonyl (C=O) groups excluding carboxylic acids is 2. The van der Waals surface area contributed by atoms with E-state index in [1.54, 1.807) is 67.0 Å². The fourth-order valence-electron chi connectivity index (χ4n) is 2.06. The lowest BCUT2D eigenvalue weighted by atomic mass is 10.2. The molecule has 1 N–H and O–H groups in total. The Bertz CT molecular complexity index is 948. The van der Waals surface area contributed by atoms with Crippen molar-refractivity contribution in [1.82, 2.24) is 15.4 Å². The molecule has 0 bridgehead atoms. The van der Waals surface area contributed by atoms with Crippen LogP contribution < -0.4 is 10.2 Å². The maximum Gasteiger partial charge on any atom is 0.343 e. The molecular weight excluding hydrogens is 376 g/mol. The third kappa shape index (κ3) is 6.03. The summed E-state index contributed by atoms with van der Waals surface area (Å²) in [7, 11) is 0. The van der Waals surface area contributed by atoms with Gasteiger partial charge in [0.1, 0.15) is 5.75 Å². The molecule has 140 valence electrons. The Kier molecular flexibility index (Phi) is 6.86. The summed E-state index contributed by atoms with van der Waals surface area (Å²) in [5.74, 6) is -0.0963. The molecule has 28 heavy (non-hydrogen) atoms. The van der Waals surface area contributed by atoms with Gasteiger partial charge in [-0.05, 0) is 48.0 Å². The molecule has 0 radical (unpaired) electrons. The average Bonchev–Trinajstić information content (AvgIpc) is 2.75. The van der Waals surface area contributed by atoms with Crippen LogP contribution in [0.2, 0.25) is 0 Å². The first-order valence-electron chi connectivity index (χ1n) is 8.30. The molecule has 1 aromatic heterocycles. The second kappa shape index (κ2) is 9.98. The van der Waals surface area contributed by atoms with Crippen LogP contribution in [0.4, 0.5) is 0 Å². The number of esters is 1. The van der Waals surface area contributed by atoms with Crippen molar-refractivity contribution in [2.45, 2.75) is 5.16 Å². The lowest BCUT2D eigenvalue weighted by molar-refractivity contribution is -0.118. The van der Waals surface area contributed by atoms with Crippen molar-refractivity contribution < 1.29 is 14.3 Å². The molecule has 0 aliphatic heterocycles. The summed E-state index contributed by atoms with van der Waals surface area (Å²) >= 11 is 1.22. The first-order chi connectivity index (χ1) is 13.7. The molecule has 7 nitrogen and oxygen atoms in total. The standard InChI is InChI=1S/C20H16N4O3S/c25-18(14-28-20-21-11-4-12-22-20)24-23-13-15-7-9-17(10-8-15)27-19(26)16-5-2-1-3-6-16/h1-13H,14H2,(H,24,25). The van der Waals surface area contributed by atoms with Crippen LogP contribution in [-0.2, 0) is 4.79 Å². The number of carbonyl (C=O) groups is 2. The zero-order valence-electron chi connectivity index (χ0n) is 14.7. The highest BCUT2D eigenvalue weighted by atomic mass is 32.2. The predicted molar refractivity (Wildman–Crippen MR) is 106 cm³/mol. The Hall–Kier alpha value is -3.52. The van der Waals surface area contributed by atoms with Gasteiger partial charge < -0.3 is 4.74 Å². The van der Waals surface area contributed by atoms with E-state index >= 15 is 0 Å². The quantitative estimate of drug-likeness (QED) is 0.166. The molecule has 0 saturated heterocycles. The van der Waals surface area contributed by atoms with E-state index in [0.717, 1.165) is 5.56 Å². The van der Waals surface area contributed by atoms with Crippen molar-refractivity contribution in [3.8, 4) is 5.75 Å². The molecule has 0 spiro atoms. The number of hydrogen-bond acceptors (Lipinski definition) is 7. The van der Waals surface area contributed by atoms with Crippen LogP contribution in [0.5, 0.6) is 5.75 Å². The van der Waals surface area contributed by atoms with E-state index in [9.17, 15) is 9.59 Å². The van der Waals surface area contributed by atoms with E-state index in [0.29, 0.717) is 16.5 Å². The molecule has 0 aliphatic carbocycles. The Morgan fingerprint density at radius 3 is 2.43 bits per heavy atom. The summed E-state index contributed by atoms with van der Waals surface area (Å²) in [6.07, 6.45) is 4.74. The molecule has 2 aromatic carbocycles. The third-order valence-electron chi connectivity index (χ3n) is 3.38. The van der Waals surface area contributed by atoms with Crippen LogP contribution >= 0.6 is 11.8 Å². The minimum absolute atomic E-state index is 0.162. The maximum absolute atomic E-state index is 12.0. The molecule has 0 saturated carbocycles. The number of benzene rings is 2. The van der Waals surface area contributed by atoms with E-state index in [1.165, 1.54) is 18.0 Å². The average molecular weight is 392 g/mol. The summed E-state index contributed by atoms with van der Waals surface area (Å²) in [4.78, 5) is 31.8. The number of ether oxygens (including phenoxy) is 1. The summed E-state index contributed by atoms with van der Waals surface area (Å²) in [5, 5.41) is 4.44. The van der Waals surface area contributed by atoms with Gasteiger partial charge in [-0.2, -0.15) is 5.10 Å². The monoisotopic (exact) mass is 392 g/mol. The van der Waals surface area contributed by atoms with Gasteiger partial charge in [-0.1, -0.05) is 30.0 Å². The Balaban J connectivity index is 1.46. The van der Waals surface area contributed by atoms with Gasteiger partial charge in [0.05, 0.1) is 17.5 Å². The summed E-state index contributed by atoms with van der Waals surface area (Å²) < 4.78 is 5.30. The molecule has 0 fully saturated rings. The normalized spacial score (nSPS) is 10.6. The van der Waals surface area contributed by atoms with Crippen LogP contribution in [0.15, 0.2) is 83.3 Å². The van der Waals surface area contributed by atoms with Gasteiger partial charge >= 0.3 is 5.97 Å². The van der Waals surface area contributed by atoms with E-state index < -0.39 is 5.97 Å². The van der Waals surface area contributed by atoms with Gasteiger partial charge in [0.2, 0.25) is 0 Å². The molecule has 3 rings (SSSR count). The highest BCUT2D eigenvalue weighted by molar-refractivity contribution is 7.99. The van der Waals surface area contributed by atoms with Crippen molar-refractivity contribution in [1.29, 1.82) is 0 Å². The highest BCUT2D eigenvalue weighted by Crippen LogP contribution is 2.14. The van der Waals surface area contributed by atoms with Gasteiger partial charge in [0, 0.05) is 12.4 Å². The van der Waals surface area contributed by atoms with Gasteiger partial charge in [-0.3, -0.25) is 4.79 Å². The van der Waals surface area contributed by atoms with Crippen molar-refractivity contribution in [2.75, 3.05) is 5.75 Å². The minimum Gasteiger partial charge on any atom is -0.423 e. The summed E-state index contributed by atoms with van der Waals surface area (Å²) in [6.45, 7) is 0. The van der Waals surface area contributed by atoms with E-state index in [4.69, 9.17) is 4.74 Å². The highest BCUT2D eigenvalue weighted by Gasteiger charge is 2.07. The largest absolute Gasteiger partial charge is 0.423 e. The van der Waals surface area contributed by atoms with E-state index in [2.05, 4.69) is 20.5 Å². The van der Waals surface area contributed by atoms with Crippen LogP contribution in [0.1, 0.15) is 15.9 Å².